The SMILES string of the molecule is O=C(O)c1ccc(CNc2cc(F)c(F)cc2F)nc1. The minimum absolute atomic E-state index is 0.0211. The van der Waals surface area contributed by atoms with Gasteiger partial charge in [-0.15, -0.1) is 0 Å². The summed E-state index contributed by atoms with van der Waals surface area (Å²) in [5, 5.41) is 11.2. The number of aromatic nitrogens is 1. The van der Waals surface area contributed by atoms with Crippen molar-refractivity contribution in [2.45, 2.75) is 6.54 Å². The summed E-state index contributed by atoms with van der Waals surface area (Å²) in [4.78, 5) is 14.5. The number of carboxylic acids is 1. The lowest BCUT2D eigenvalue weighted by Gasteiger charge is -2.08. The van der Waals surface area contributed by atoms with Crippen LogP contribution in [0.25, 0.3) is 0 Å². The molecule has 0 bridgehead atoms. The van der Waals surface area contributed by atoms with Crippen LogP contribution in [-0.4, -0.2) is 16.1 Å². The van der Waals surface area contributed by atoms with E-state index in [0.717, 1.165) is 6.20 Å². The normalized spacial score (nSPS) is 10.3. The fourth-order valence-electron chi connectivity index (χ4n) is 1.50. The summed E-state index contributed by atoms with van der Waals surface area (Å²) in [7, 11) is 0. The van der Waals surface area contributed by atoms with Gasteiger partial charge in [0, 0.05) is 18.3 Å². The molecule has 7 heteroatoms. The van der Waals surface area contributed by atoms with E-state index in [4.69, 9.17) is 5.11 Å². The molecule has 0 unspecified atom stereocenters. The number of aromatic carboxylic acids is 1. The molecule has 0 aliphatic heterocycles. The number of rotatable bonds is 4. The largest absolute Gasteiger partial charge is 0.478 e. The molecule has 0 saturated heterocycles. The molecule has 0 atom stereocenters. The summed E-state index contributed by atoms with van der Waals surface area (Å²) < 4.78 is 39.0. The van der Waals surface area contributed by atoms with Crippen molar-refractivity contribution in [3.05, 3.63) is 59.2 Å². The molecule has 20 heavy (non-hydrogen) atoms. The molecule has 1 aromatic carbocycles. The van der Waals surface area contributed by atoms with Crippen molar-refractivity contribution in [1.29, 1.82) is 0 Å². The Hall–Kier alpha value is -2.57. The third kappa shape index (κ3) is 3.05. The Labute approximate surface area is 111 Å². The van der Waals surface area contributed by atoms with Gasteiger partial charge >= 0.3 is 5.97 Å². The Balaban J connectivity index is 2.09. The van der Waals surface area contributed by atoms with Crippen LogP contribution in [0.4, 0.5) is 18.9 Å². The van der Waals surface area contributed by atoms with Gasteiger partial charge in [0.2, 0.25) is 0 Å². The molecule has 2 aromatic rings. The number of anilines is 1. The Morgan fingerprint density at radius 1 is 1.15 bits per heavy atom. The molecule has 0 aliphatic rings. The molecule has 0 aliphatic carbocycles. The molecule has 0 spiro atoms. The van der Waals surface area contributed by atoms with Crippen LogP contribution in [-0.2, 0) is 6.54 Å². The van der Waals surface area contributed by atoms with Crippen LogP contribution in [0.3, 0.4) is 0 Å². The smallest absolute Gasteiger partial charge is 0.337 e. The average molecular weight is 282 g/mol. The molecule has 0 amide bonds. The van der Waals surface area contributed by atoms with Gasteiger partial charge in [0.1, 0.15) is 5.82 Å². The molecule has 2 rings (SSSR count). The lowest BCUT2D eigenvalue weighted by atomic mass is 10.2. The highest BCUT2D eigenvalue weighted by atomic mass is 19.2. The monoisotopic (exact) mass is 282 g/mol. The first-order valence-corrected chi connectivity index (χ1v) is 5.54. The third-order valence-electron chi connectivity index (χ3n) is 2.54. The fourth-order valence-corrected chi connectivity index (χ4v) is 1.50. The zero-order chi connectivity index (χ0) is 14.7. The number of pyridine rings is 1. The molecule has 2 N–H and O–H groups in total. The first-order valence-electron chi connectivity index (χ1n) is 5.54. The van der Waals surface area contributed by atoms with Crippen molar-refractivity contribution in [2.24, 2.45) is 0 Å². The van der Waals surface area contributed by atoms with E-state index in [2.05, 4.69) is 10.3 Å². The second-order valence-electron chi connectivity index (χ2n) is 3.94. The van der Waals surface area contributed by atoms with Gasteiger partial charge in [0.25, 0.3) is 0 Å². The summed E-state index contributed by atoms with van der Waals surface area (Å²) >= 11 is 0. The van der Waals surface area contributed by atoms with Gasteiger partial charge in [0.05, 0.1) is 23.5 Å². The summed E-state index contributed by atoms with van der Waals surface area (Å²) in [5.74, 6) is -4.46. The highest BCUT2D eigenvalue weighted by Gasteiger charge is 2.10. The van der Waals surface area contributed by atoms with Gasteiger partial charge in [-0.2, -0.15) is 0 Å². The number of nitrogens with zero attached hydrogens (tertiary/aromatic N) is 1. The lowest BCUT2D eigenvalue weighted by molar-refractivity contribution is 0.0696. The van der Waals surface area contributed by atoms with Crippen molar-refractivity contribution in [2.75, 3.05) is 5.32 Å². The highest BCUT2D eigenvalue weighted by molar-refractivity contribution is 5.87. The van der Waals surface area contributed by atoms with Crippen molar-refractivity contribution in [3.8, 4) is 0 Å². The van der Waals surface area contributed by atoms with Gasteiger partial charge in [0.15, 0.2) is 11.6 Å². The van der Waals surface area contributed by atoms with E-state index in [9.17, 15) is 18.0 Å². The molecule has 1 heterocycles. The van der Waals surface area contributed by atoms with Gasteiger partial charge in [-0.25, -0.2) is 18.0 Å². The summed E-state index contributed by atoms with van der Waals surface area (Å²) in [6, 6.07) is 3.93. The van der Waals surface area contributed by atoms with Crippen molar-refractivity contribution in [1.82, 2.24) is 4.98 Å². The van der Waals surface area contributed by atoms with Crippen LogP contribution >= 0.6 is 0 Å². The number of hydrogen-bond donors (Lipinski definition) is 2. The van der Waals surface area contributed by atoms with Crippen LogP contribution in [0.5, 0.6) is 0 Å². The van der Waals surface area contributed by atoms with E-state index in [0.29, 0.717) is 17.8 Å². The van der Waals surface area contributed by atoms with E-state index in [1.807, 2.05) is 0 Å². The maximum atomic E-state index is 13.3. The number of benzene rings is 1. The Bertz CT molecular complexity index is 645. The van der Waals surface area contributed by atoms with Crippen molar-refractivity contribution in [3.63, 3.8) is 0 Å². The molecule has 0 radical (unpaired) electrons. The van der Waals surface area contributed by atoms with Crippen LogP contribution in [0.15, 0.2) is 30.5 Å². The second-order valence-corrected chi connectivity index (χ2v) is 3.94. The van der Waals surface area contributed by atoms with E-state index in [1.54, 1.807) is 0 Å². The first-order chi connectivity index (χ1) is 9.47. The molecule has 104 valence electrons. The third-order valence-corrected chi connectivity index (χ3v) is 2.54. The zero-order valence-electron chi connectivity index (χ0n) is 10.0. The number of halogens is 3. The second kappa shape index (κ2) is 5.60. The number of carboxylic acid groups (broad SMARTS) is 1. The molecule has 1 aromatic heterocycles. The van der Waals surface area contributed by atoms with Gasteiger partial charge in [-0.1, -0.05) is 0 Å². The van der Waals surface area contributed by atoms with E-state index < -0.39 is 23.4 Å². The topological polar surface area (TPSA) is 62.2 Å². The summed E-state index contributed by atoms with van der Waals surface area (Å²) in [6.45, 7) is 0.0435. The van der Waals surface area contributed by atoms with Crippen LogP contribution in [0, 0.1) is 17.5 Å². The van der Waals surface area contributed by atoms with Crippen molar-refractivity contribution >= 4 is 11.7 Å². The number of carbonyl (C=O) groups is 1. The van der Waals surface area contributed by atoms with Gasteiger partial charge < -0.3 is 10.4 Å². The highest BCUT2D eigenvalue weighted by Crippen LogP contribution is 2.18. The van der Waals surface area contributed by atoms with Crippen LogP contribution < -0.4 is 5.32 Å². The van der Waals surface area contributed by atoms with Crippen LogP contribution in [0.2, 0.25) is 0 Å². The Kier molecular flexibility index (Phi) is 3.88. The average Bonchev–Trinajstić information content (AvgIpc) is 2.42. The molecule has 0 saturated carbocycles. The predicted octanol–water partition coefficient (Wildman–Crippen LogP) is 2.81. The minimum atomic E-state index is -1.27. The standard InChI is InChI=1S/C13H9F3N2O2/c14-9-3-11(16)12(4-10(9)15)18-6-8-2-1-7(5-17-8)13(19)20/h1-5,18H,6H2,(H,19,20). The molecular formula is C13H9F3N2O2. The maximum Gasteiger partial charge on any atom is 0.337 e. The Morgan fingerprint density at radius 2 is 1.85 bits per heavy atom. The maximum absolute atomic E-state index is 13.3. The van der Waals surface area contributed by atoms with E-state index in [1.165, 1.54) is 12.1 Å². The minimum Gasteiger partial charge on any atom is -0.478 e. The van der Waals surface area contributed by atoms with Gasteiger partial charge in [-0.05, 0) is 12.1 Å². The summed E-state index contributed by atoms with van der Waals surface area (Å²) in [6.07, 6.45) is 1.15. The van der Waals surface area contributed by atoms with Gasteiger partial charge in [-0.3, -0.25) is 4.98 Å². The van der Waals surface area contributed by atoms with Crippen molar-refractivity contribution < 1.29 is 23.1 Å². The van der Waals surface area contributed by atoms with E-state index in [-0.39, 0.29) is 17.8 Å². The molecular weight excluding hydrogens is 273 g/mol. The zero-order valence-corrected chi connectivity index (χ0v) is 10.0. The fraction of sp³-hybridized carbons (Fsp3) is 0.0769. The van der Waals surface area contributed by atoms with Crippen LogP contribution in [0.1, 0.15) is 16.1 Å². The number of nitrogens with one attached hydrogen (secondary N) is 1. The lowest BCUT2D eigenvalue weighted by Crippen LogP contribution is -2.05. The predicted molar refractivity (Wildman–Crippen MR) is 64.8 cm³/mol. The molecule has 0 fully saturated rings. The number of hydrogen-bond acceptors (Lipinski definition) is 3. The summed E-state index contributed by atoms with van der Waals surface area (Å²) in [5.41, 5.74) is 0.250. The Morgan fingerprint density at radius 3 is 2.45 bits per heavy atom. The van der Waals surface area contributed by atoms with E-state index >= 15 is 0 Å². The first kappa shape index (κ1) is 13.9. The quantitative estimate of drug-likeness (QED) is 0.846. The molecule has 4 nitrogen and oxygen atoms in total.